The monoisotopic (exact) mass is 359 g/mol. The average Bonchev–Trinajstić information content (AvgIpc) is 2.56. The van der Waals surface area contributed by atoms with Crippen molar-refractivity contribution in [3.05, 3.63) is 49.1 Å². The summed E-state index contributed by atoms with van der Waals surface area (Å²) < 4.78 is 5.64. The molecular formula is C23H37NO2. The van der Waals surface area contributed by atoms with Crippen molar-refractivity contribution in [2.75, 3.05) is 6.54 Å². The van der Waals surface area contributed by atoms with Crippen molar-refractivity contribution < 1.29 is 9.53 Å². The summed E-state index contributed by atoms with van der Waals surface area (Å²) in [5.74, 6) is 0.580. The van der Waals surface area contributed by atoms with Crippen LogP contribution in [0.5, 0.6) is 0 Å². The van der Waals surface area contributed by atoms with Crippen LogP contribution in [0.3, 0.4) is 0 Å². The molecule has 0 saturated carbocycles. The van der Waals surface area contributed by atoms with Crippen LogP contribution in [-0.2, 0) is 4.74 Å². The largest absolute Gasteiger partial charge is 0.444 e. The predicted molar refractivity (Wildman–Crippen MR) is 111 cm³/mol. The van der Waals surface area contributed by atoms with E-state index in [2.05, 4.69) is 32.2 Å². The number of amides is 1. The average molecular weight is 360 g/mol. The van der Waals surface area contributed by atoms with E-state index in [1.54, 1.807) is 6.08 Å². The minimum Gasteiger partial charge on any atom is -0.444 e. The maximum absolute atomic E-state index is 12.6. The summed E-state index contributed by atoms with van der Waals surface area (Å²) in [6, 6.07) is 0.275. The third-order valence-corrected chi connectivity index (χ3v) is 4.65. The maximum atomic E-state index is 12.6. The third kappa shape index (κ3) is 8.07. The molecule has 0 aromatic carbocycles. The van der Waals surface area contributed by atoms with E-state index in [4.69, 9.17) is 4.74 Å². The summed E-state index contributed by atoms with van der Waals surface area (Å²) in [5.41, 5.74) is 0.823. The number of nitrogens with zero attached hydrogens (tertiary/aromatic N) is 1. The van der Waals surface area contributed by atoms with Gasteiger partial charge in [0.15, 0.2) is 0 Å². The molecule has 3 nitrogen and oxygen atoms in total. The van der Waals surface area contributed by atoms with Gasteiger partial charge in [-0.05, 0) is 57.9 Å². The minimum absolute atomic E-state index is 0.162. The zero-order valence-corrected chi connectivity index (χ0v) is 17.2. The number of hydrogen-bond donors (Lipinski definition) is 0. The summed E-state index contributed by atoms with van der Waals surface area (Å²) in [7, 11) is 0. The molecule has 1 amide bonds. The number of carbonyl (C=O) groups is 1. The zero-order chi connectivity index (χ0) is 19.6. The Morgan fingerprint density at radius 3 is 2.58 bits per heavy atom. The second-order valence-electron chi connectivity index (χ2n) is 8.14. The van der Waals surface area contributed by atoms with Crippen LogP contribution in [0.2, 0.25) is 0 Å². The summed E-state index contributed by atoms with van der Waals surface area (Å²) in [5, 5.41) is 0. The molecule has 1 saturated heterocycles. The van der Waals surface area contributed by atoms with Crippen molar-refractivity contribution in [1.82, 2.24) is 4.90 Å². The van der Waals surface area contributed by atoms with E-state index in [1.165, 1.54) is 5.57 Å². The molecule has 1 rings (SSSR count). The molecule has 3 heteroatoms. The van der Waals surface area contributed by atoms with Crippen molar-refractivity contribution in [2.45, 2.75) is 77.9 Å². The van der Waals surface area contributed by atoms with Gasteiger partial charge in [-0.15, -0.1) is 0 Å². The second-order valence-corrected chi connectivity index (χ2v) is 8.14. The van der Waals surface area contributed by atoms with Crippen LogP contribution in [0.25, 0.3) is 0 Å². The number of likely N-dealkylation sites (tertiary alicyclic amines) is 1. The van der Waals surface area contributed by atoms with E-state index in [-0.39, 0.29) is 12.1 Å². The van der Waals surface area contributed by atoms with Gasteiger partial charge in [0, 0.05) is 12.6 Å². The van der Waals surface area contributed by atoms with E-state index in [9.17, 15) is 4.79 Å². The van der Waals surface area contributed by atoms with Crippen molar-refractivity contribution >= 4 is 6.09 Å². The highest BCUT2D eigenvalue weighted by Gasteiger charge is 2.33. The molecule has 26 heavy (non-hydrogen) atoms. The lowest BCUT2D eigenvalue weighted by Gasteiger charge is -2.40. The Balaban J connectivity index is 2.80. The van der Waals surface area contributed by atoms with Gasteiger partial charge in [-0.2, -0.15) is 0 Å². The number of ether oxygens (including phenoxy) is 1. The van der Waals surface area contributed by atoms with Crippen LogP contribution in [0.15, 0.2) is 49.1 Å². The Labute approximate surface area is 160 Å². The van der Waals surface area contributed by atoms with Gasteiger partial charge in [-0.25, -0.2) is 4.79 Å². The van der Waals surface area contributed by atoms with Gasteiger partial charge in [0.1, 0.15) is 5.60 Å². The van der Waals surface area contributed by atoms with Crippen molar-refractivity contribution in [1.29, 1.82) is 0 Å². The normalized spacial score (nSPS) is 21.7. The van der Waals surface area contributed by atoms with Gasteiger partial charge in [-0.1, -0.05) is 63.3 Å². The smallest absolute Gasteiger partial charge is 0.410 e. The SMILES string of the molecule is C=C/C=C\C(=C/C=C)CC1CCN(C(=O)OC(C)(C)C)C(CCCC)C1. The molecule has 2 atom stereocenters. The van der Waals surface area contributed by atoms with E-state index in [1.807, 2.05) is 37.8 Å². The van der Waals surface area contributed by atoms with Crippen molar-refractivity contribution in [3.63, 3.8) is 0 Å². The fraction of sp³-hybridized carbons (Fsp3) is 0.609. The zero-order valence-electron chi connectivity index (χ0n) is 17.2. The van der Waals surface area contributed by atoms with Gasteiger partial charge in [0.25, 0.3) is 0 Å². The standard InChI is InChI=1S/C23H37NO2/c1-7-10-13-19(12-9-3)17-20-15-16-24(21(18-20)14-11-8-2)22(25)26-23(4,5)6/h7,9-10,12-13,20-21H,1,3,8,11,14-18H2,2,4-6H3/b13-10-,19-12+. The summed E-state index contributed by atoms with van der Waals surface area (Å²) in [4.78, 5) is 14.6. The summed E-state index contributed by atoms with van der Waals surface area (Å²) >= 11 is 0. The van der Waals surface area contributed by atoms with Gasteiger partial charge in [0.2, 0.25) is 0 Å². The summed E-state index contributed by atoms with van der Waals surface area (Å²) in [6.45, 7) is 16.3. The van der Waals surface area contributed by atoms with Gasteiger partial charge < -0.3 is 9.64 Å². The van der Waals surface area contributed by atoms with Gasteiger partial charge >= 0.3 is 6.09 Å². The molecule has 2 unspecified atom stereocenters. The molecule has 1 heterocycles. The lowest BCUT2D eigenvalue weighted by Crippen LogP contribution is -2.48. The van der Waals surface area contributed by atoms with Crippen LogP contribution in [0, 0.1) is 5.92 Å². The van der Waals surface area contributed by atoms with E-state index in [0.29, 0.717) is 5.92 Å². The Morgan fingerprint density at radius 1 is 1.27 bits per heavy atom. The lowest BCUT2D eigenvalue weighted by molar-refractivity contribution is 0.00321. The van der Waals surface area contributed by atoms with Crippen molar-refractivity contribution in [2.24, 2.45) is 5.92 Å². The Bertz CT molecular complexity index is 525. The first-order valence-corrected chi connectivity index (χ1v) is 9.91. The minimum atomic E-state index is -0.446. The number of piperidine rings is 1. The highest BCUT2D eigenvalue weighted by molar-refractivity contribution is 5.68. The number of unbranched alkanes of at least 4 members (excludes halogenated alkanes) is 1. The topological polar surface area (TPSA) is 29.5 Å². The molecule has 1 aliphatic heterocycles. The van der Waals surface area contributed by atoms with Crippen LogP contribution >= 0.6 is 0 Å². The first-order chi connectivity index (χ1) is 12.3. The van der Waals surface area contributed by atoms with E-state index in [0.717, 1.165) is 45.1 Å². The highest BCUT2D eigenvalue weighted by Crippen LogP contribution is 2.32. The maximum Gasteiger partial charge on any atom is 0.410 e. The molecular weight excluding hydrogens is 322 g/mol. The molecule has 0 aromatic rings. The fourth-order valence-corrected chi connectivity index (χ4v) is 3.46. The Hall–Kier alpha value is -1.77. The molecule has 0 N–H and O–H groups in total. The van der Waals surface area contributed by atoms with Gasteiger partial charge in [-0.3, -0.25) is 0 Å². The highest BCUT2D eigenvalue weighted by atomic mass is 16.6. The molecule has 1 aliphatic rings. The van der Waals surface area contributed by atoms with Crippen LogP contribution < -0.4 is 0 Å². The van der Waals surface area contributed by atoms with E-state index >= 15 is 0 Å². The van der Waals surface area contributed by atoms with Crippen LogP contribution in [-0.4, -0.2) is 29.2 Å². The molecule has 0 radical (unpaired) electrons. The van der Waals surface area contributed by atoms with E-state index < -0.39 is 5.60 Å². The fourth-order valence-electron chi connectivity index (χ4n) is 3.46. The molecule has 1 fully saturated rings. The quantitative estimate of drug-likeness (QED) is 0.467. The second kappa shape index (κ2) is 11.1. The number of hydrogen-bond acceptors (Lipinski definition) is 2. The predicted octanol–water partition coefficient (Wildman–Crippen LogP) is 6.44. The lowest BCUT2D eigenvalue weighted by atomic mass is 9.84. The molecule has 0 aliphatic carbocycles. The molecule has 146 valence electrons. The van der Waals surface area contributed by atoms with Crippen LogP contribution in [0.4, 0.5) is 4.79 Å². The molecule has 0 spiro atoms. The number of carbonyl (C=O) groups excluding carboxylic acids is 1. The summed E-state index contributed by atoms with van der Waals surface area (Å²) in [6.07, 6.45) is 16.0. The van der Waals surface area contributed by atoms with Gasteiger partial charge in [0.05, 0.1) is 0 Å². The third-order valence-electron chi connectivity index (χ3n) is 4.65. The first kappa shape index (κ1) is 22.3. The Morgan fingerprint density at radius 2 is 2.00 bits per heavy atom. The number of allylic oxidation sites excluding steroid dienone is 6. The van der Waals surface area contributed by atoms with Crippen molar-refractivity contribution in [3.8, 4) is 0 Å². The Kier molecular flexibility index (Phi) is 9.47. The number of rotatable bonds is 8. The van der Waals surface area contributed by atoms with Crippen LogP contribution in [0.1, 0.15) is 66.2 Å². The molecule has 0 aromatic heterocycles. The molecule has 0 bridgehead atoms. The first-order valence-electron chi connectivity index (χ1n) is 9.91.